The maximum atomic E-state index is 13.7. The van der Waals surface area contributed by atoms with E-state index >= 15 is 0 Å². The molecule has 2 saturated heterocycles. The van der Waals surface area contributed by atoms with Crippen molar-refractivity contribution in [3.05, 3.63) is 59.7 Å². The van der Waals surface area contributed by atoms with Crippen LogP contribution in [0.2, 0.25) is 0 Å². The van der Waals surface area contributed by atoms with E-state index in [9.17, 15) is 13.2 Å². The molecular formula is C26H36N4O3S. The Morgan fingerprint density at radius 3 is 2.15 bits per heavy atom. The maximum Gasteiger partial charge on any atom is 0.256 e. The van der Waals surface area contributed by atoms with E-state index in [4.69, 9.17) is 0 Å². The van der Waals surface area contributed by atoms with Gasteiger partial charge in [0.2, 0.25) is 10.0 Å². The average Bonchev–Trinajstić information content (AvgIpc) is 3.40. The zero-order valence-corrected chi connectivity index (χ0v) is 21.1. The van der Waals surface area contributed by atoms with Gasteiger partial charge in [-0.15, -0.1) is 0 Å². The molecule has 0 radical (unpaired) electrons. The van der Waals surface area contributed by atoms with E-state index in [2.05, 4.69) is 21.9 Å². The molecule has 1 amide bonds. The fourth-order valence-corrected chi connectivity index (χ4v) is 6.40. The van der Waals surface area contributed by atoms with Crippen LogP contribution in [0.5, 0.6) is 0 Å². The highest BCUT2D eigenvalue weighted by Crippen LogP contribution is 2.30. The Labute approximate surface area is 204 Å². The fourth-order valence-electron chi connectivity index (χ4n) is 4.91. The van der Waals surface area contributed by atoms with Crippen LogP contribution in [0.25, 0.3) is 0 Å². The molecule has 0 aromatic heterocycles. The minimum atomic E-state index is -3.64. The molecule has 0 unspecified atom stereocenters. The van der Waals surface area contributed by atoms with E-state index in [0.717, 1.165) is 51.3 Å². The summed E-state index contributed by atoms with van der Waals surface area (Å²) >= 11 is 0. The molecular weight excluding hydrogens is 448 g/mol. The number of anilines is 1. The molecule has 2 aromatic rings. The van der Waals surface area contributed by atoms with Crippen LogP contribution in [-0.2, 0) is 16.6 Å². The summed E-state index contributed by atoms with van der Waals surface area (Å²) in [6.07, 6.45) is 2.18. The molecule has 184 valence electrons. The number of benzene rings is 2. The van der Waals surface area contributed by atoms with Gasteiger partial charge in [0.1, 0.15) is 0 Å². The number of rotatable bonds is 8. The highest BCUT2D eigenvalue weighted by atomic mass is 32.2. The van der Waals surface area contributed by atoms with Gasteiger partial charge in [-0.05, 0) is 36.6 Å². The zero-order chi connectivity index (χ0) is 24.1. The van der Waals surface area contributed by atoms with E-state index < -0.39 is 10.0 Å². The molecule has 0 atom stereocenters. The summed E-state index contributed by atoms with van der Waals surface area (Å²) in [5.74, 6) is -0.0714. The normalized spacial score (nSPS) is 17.5. The predicted octanol–water partition coefficient (Wildman–Crippen LogP) is 3.28. The van der Waals surface area contributed by atoms with Gasteiger partial charge in [-0.1, -0.05) is 44.2 Å². The Morgan fingerprint density at radius 1 is 0.882 bits per heavy atom. The van der Waals surface area contributed by atoms with E-state index in [-0.39, 0.29) is 10.8 Å². The van der Waals surface area contributed by atoms with Gasteiger partial charge in [0.05, 0.1) is 10.5 Å². The van der Waals surface area contributed by atoms with Crippen molar-refractivity contribution < 1.29 is 13.2 Å². The maximum absolute atomic E-state index is 13.7. The third kappa shape index (κ3) is 5.29. The van der Waals surface area contributed by atoms with Crippen LogP contribution in [0, 0.1) is 0 Å². The van der Waals surface area contributed by atoms with E-state index in [0.29, 0.717) is 31.7 Å². The largest absolute Gasteiger partial charge is 0.371 e. The lowest BCUT2D eigenvalue weighted by Crippen LogP contribution is -2.48. The van der Waals surface area contributed by atoms with Crippen molar-refractivity contribution in [1.29, 1.82) is 0 Å². The van der Waals surface area contributed by atoms with Crippen molar-refractivity contribution in [3.8, 4) is 0 Å². The fraction of sp³-hybridized carbons (Fsp3) is 0.500. The Kier molecular flexibility index (Phi) is 7.91. The lowest BCUT2D eigenvalue weighted by atomic mass is 10.1. The Balaban J connectivity index is 1.55. The zero-order valence-electron chi connectivity index (χ0n) is 20.3. The van der Waals surface area contributed by atoms with Gasteiger partial charge < -0.3 is 9.80 Å². The van der Waals surface area contributed by atoms with Gasteiger partial charge >= 0.3 is 0 Å². The number of hydrogen-bond donors (Lipinski definition) is 0. The molecule has 34 heavy (non-hydrogen) atoms. The molecule has 2 aliphatic heterocycles. The van der Waals surface area contributed by atoms with Gasteiger partial charge in [0.15, 0.2) is 0 Å². The first-order chi connectivity index (χ1) is 16.4. The van der Waals surface area contributed by atoms with Crippen LogP contribution < -0.4 is 4.90 Å². The number of amides is 1. The van der Waals surface area contributed by atoms with Crippen molar-refractivity contribution in [1.82, 2.24) is 14.1 Å². The van der Waals surface area contributed by atoms with E-state index in [1.165, 1.54) is 9.87 Å². The summed E-state index contributed by atoms with van der Waals surface area (Å²) in [7, 11) is -3.64. The number of nitrogens with zero attached hydrogens (tertiary/aromatic N) is 4. The van der Waals surface area contributed by atoms with Gasteiger partial charge in [-0.3, -0.25) is 9.69 Å². The Morgan fingerprint density at radius 2 is 1.53 bits per heavy atom. The summed E-state index contributed by atoms with van der Waals surface area (Å²) in [6, 6.07) is 15.5. The second-order valence-electron chi connectivity index (χ2n) is 9.02. The van der Waals surface area contributed by atoms with Crippen LogP contribution >= 0.6 is 0 Å². The number of carbonyl (C=O) groups is 1. The number of piperazine rings is 1. The summed E-state index contributed by atoms with van der Waals surface area (Å²) in [4.78, 5) is 20.4. The molecule has 8 heteroatoms. The van der Waals surface area contributed by atoms with Crippen LogP contribution in [-0.4, -0.2) is 80.8 Å². The molecule has 2 fully saturated rings. The van der Waals surface area contributed by atoms with Crippen molar-refractivity contribution >= 4 is 21.6 Å². The SMILES string of the molecule is CCN(CC)S(=O)(=O)c1ccc(N2CCCC2)c(C(=O)N2CCN(Cc3ccccc3)CC2)c1. The van der Waals surface area contributed by atoms with Gasteiger partial charge in [-0.25, -0.2) is 8.42 Å². The summed E-state index contributed by atoms with van der Waals surface area (Å²) in [6.45, 7) is 10.0. The van der Waals surface area contributed by atoms with Crippen LogP contribution in [0.3, 0.4) is 0 Å². The third-order valence-corrected chi connectivity index (χ3v) is 8.94. The van der Waals surface area contributed by atoms with E-state index in [1.54, 1.807) is 12.1 Å². The minimum absolute atomic E-state index is 0.0714. The van der Waals surface area contributed by atoms with Gasteiger partial charge in [-0.2, -0.15) is 4.31 Å². The van der Waals surface area contributed by atoms with Crippen LogP contribution in [0.4, 0.5) is 5.69 Å². The molecule has 0 spiro atoms. The topological polar surface area (TPSA) is 64.2 Å². The second kappa shape index (κ2) is 10.9. The molecule has 0 bridgehead atoms. The van der Waals surface area contributed by atoms with Crippen LogP contribution in [0.15, 0.2) is 53.4 Å². The van der Waals surface area contributed by atoms with Crippen molar-refractivity contribution in [2.45, 2.75) is 38.1 Å². The summed E-state index contributed by atoms with van der Waals surface area (Å²) in [5, 5.41) is 0. The quantitative estimate of drug-likeness (QED) is 0.575. The molecule has 7 nitrogen and oxygen atoms in total. The number of carbonyl (C=O) groups excluding carboxylic acids is 1. The minimum Gasteiger partial charge on any atom is -0.371 e. The number of sulfonamides is 1. The van der Waals surface area contributed by atoms with Crippen molar-refractivity contribution in [2.75, 3.05) is 57.3 Å². The Hall–Kier alpha value is -2.42. The van der Waals surface area contributed by atoms with Gasteiger partial charge in [0.25, 0.3) is 5.91 Å². The molecule has 4 rings (SSSR count). The second-order valence-corrected chi connectivity index (χ2v) is 11.0. The lowest BCUT2D eigenvalue weighted by Gasteiger charge is -2.35. The highest BCUT2D eigenvalue weighted by Gasteiger charge is 2.29. The first-order valence-corrected chi connectivity index (χ1v) is 13.8. The predicted molar refractivity (Wildman–Crippen MR) is 136 cm³/mol. The average molecular weight is 485 g/mol. The van der Waals surface area contributed by atoms with Crippen LogP contribution in [0.1, 0.15) is 42.6 Å². The van der Waals surface area contributed by atoms with E-state index in [1.807, 2.05) is 43.0 Å². The smallest absolute Gasteiger partial charge is 0.256 e. The third-order valence-electron chi connectivity index (χ3n) is 6.90. The molecule has 0 N–H and O–H groups in total. The monoisotopic (exact) mass is 484 g/mol. The summed E-state index contributed by atoms with van der Waals surface area (Å²) in [5.41, 5.74) is 2.63. The molecule has 2 heterocycles. The molecule has 2 aliphatic rings. The van der Waals surface area contributed by atoms with Crippen molar-refractivity contribution in [2.24, 2.45) is 0 Å². The first-order valence-electron chi connectivity index (χ1n) is 12.4. The number of hydrogen-bond acceptors (Lipinski definition) is 5. The van der Waals surface area contributed by atoms with Gasteiger partial charge in [0, 0.05) is 64.6 Å². The standard InChI is InChI=1S/C26H36N4O3S/c1-3-30(4-2)34(32,33)23-12-13-25(28-14-8-9-15-28)24(20-23)26(31)29-18-16-27(17-19-29)21-22-10-6-5-7-11-22/h5-7,10-13,20H,3-4,8-9,14-19,21H2,1-2H3. The summed E-state index contributed by atoms with van der Waals surface area (Å²) < 4.78 is 27.8. The van der Waals surface area contributed by atoms with Crippen molar-refractivity contribution in [3.63, 3.8) is 0 Å². The molecule has 2 aromatic carbocycles. The first kappa shape index (κ1) is 24.7. The molecule has 0 aliphatic carbocycles. The lowest BCUT2D eigenvalue weighted by molar-refractivity contribution is 0.0629. The Bertz CT molecular complexity index is 1070. The molecule has 0 saturated carbocycles. The highest BCUT2D eigenvalue weighted by molar-refractivity contribution is 7.89.